The highest BCUT2D eigenvalue weighted by Gasteiger charge is 2.50. The SMILES string of the molecule is Cc1cc2c(cc1C1(c3ccc(CN4C(=O)N(C)C(C)(C)C4=O)cc3)CC1)C(C)(C)CCC2(C)C. The fraction of sp³-hybridized carbons (Fsp3) is 0.548. The molecular weight excluding hydrogens is 432 g/mol. The molecule has 2 fully saturated rings. The summed E-state index contributed by atoms with van der Waals surface area (Å²) in [4.78, 5) is 28.3. The highest BCUT2D eigenvalue weighted by atomic mass is 16.2. The molecule has 2 aromatic rings. The number of rotatable bonds is 4. The highest BCUT2D eigenvalue weighted by Crippen LogP contribution is 2.56. The van der Waals surface area contributed by atoms with Gasteiger partial charge in [-0.3, -0.25) is 9.69 Å². The van der Waals surface area contributed by atoms with Crippen LogP contribution in [0.2, 0.25) is 0 Å². The van der Waals surface area contributed by atoms with Crippen LogP contribution in [0.4, 0.5) is 4.79 Å². The number of carbonyl (C=O) groups is 2. The third-order valence-electron chi connectivity index (χ3n) is 9.44. The molecule has 0 atom stereocenters. The molecule has 0 unspecified atom stereocenters. The van der Waals surface area contributed by atoms with E-state index in [1.807, 2.05) is 0 Å². The van der Waals surface area contributed by atoms with E-state index < -0.39 is 5.54 Å². The second-order valence-corrected chi connectivity index (χ2v) is 13.1. The summed E-state index contributed by atoms with van der Waals surface area (Å²) in [5.74, 6) is -0.136. The summed E-state index contributed by atoms with van der Waals surface area (Å²) >= 11 is 0. The lowest BCUT2D eigenvalue weighted by Crippen LogP contribution is -2.41. The van der Waals surface area contributed by atoms with Gasteiger partial charge in [0.05, 0.1) is 6.54 Å². The van der Waals surface area contributed by atoms with Crippen molar-refractivity contribution in [1.82, 2.24) is 9.80 Å². The van der Waals surface area contributed by atoms with Crippen molar-refractivity contribution >= 4 is 11.9 Å². The number of likely N-dealkylation sites (N-methyl/N-ethyl adjacent to an activating group) is 1. The molecule has 0 spiro atoms. The van der Waals surface area contributed by atoms with E-state index in [-0.39, 0.29) is 28.2 Å². The summed E-state index contributed by atoms with van der Waals surface area (Å²) in [6.07, 6.45) is 4.78. The van der Waals surface area contributed by atoms with Gasteiger partial charge in [0.2, 0.25) is 0 Å². The standard InChI is InChI=1S/C31H40N2O2/c1-20-17-24-25(29(4,5)14-13-28(24,2)3)18-23(20)31(15-16-31)22-11-9-21(10-12-22)19-33-26(34)30(6,7)32(8)27(33)35/h9-12,17-18H,13-16,19H2,1-8H3. The second-order valence-electron chi connectivity index (χ2n) is 13.1. The molecule has 5 rings (SSSR count). The number of aryl methyl sites for hydroxylation is 1. The number of benzene rings is 2. The lowest BCUT2D eigenvalue weighted by molar-refractivity contribution is -0.132. The molecule has 186 valence electrons. The molecule has 4 nitrogen and oxygen atoms in total. The van der Waals surface area contributed by atoms with Crippen LogP contribution in [0.15, 0.2) is 36.4 Å². The van der Waals surface area contributed by atoms with E-state index in [9.17, 15) is 9.59 Å². The maximum Gasteiger partial charge on any atom is 0.327 e. The molecule has 0 radical (unpaired) electrons. The van der Waals surface area contributed by atoms with Crippen molar-refractivity contribution in [1.29, 1.82) is 0 Å². The average Bonchev–Trinajstić information content (AvgIpc) is 3.58. The zero-order chi connectivity index (χ0) is 25.6. The third-order valence-corrected chi connectivity index (χ3v) is 9.44. The number of imide groups is 1. The van der Waals surface area contributed by atoms with Crippen molar-refractivity contribution in [3.05, 3.63) is 69.8 Å². The van der Waals surface area contributed by atoms with Gasteiger partial charge in [-0.05, 0) is 90.7 Å². The minimum atomic E-state index is -0.790. The number of hydrogen-bond donors (Lipinski definition) is 0. The van der Waals surface area contributed by atoms with Crippen molar-refractivity contribution in [3.63, 3.8) is 0 Å². The zero-order valence-electron chi connectivity index (χ0n) is 22.7. The first kappa shape index (κ1) is 24.1. The number of hydrogen-bond acceptors (Lipinski definition) is 2. The van der Waals surface area contributed by atoms with Crippen LogP contribution in [-0.4, -0.2) is 34.3 Å². The molecule has 4 heteroatoms. The lowest BCUT2D eigenvalue weighted by atomic mass is 9.62. The van der Waals surface area contributed by atoms with Gasteiger partial charge in [-0.15, -0.1) is 0 Å². The minimum Gasteiger partial charge on any atom is -0.313 e. The van der Waals surface area contributed by atoms with Crippen molar-refractivity contribution in [2.45, 2.75) is 102 Å². The Labute approximate surface area is 210 Å². The van der Waals surface area contributed by atoms with Gasteiger partial charge in [0.25, 0.3) is 5.91 Å². The minimum absolute atomic E-state index is 0.0802. The molecule has 3 aliphatic rings. The van der Waals surface area contributed by atoms with Crippen molar-refractivity contribution in [3.8, 4) is 0 Å². The van der Waals surface area contributed by atoms with E-state index in [4.69, 9.17) is 0 Å². The van der Waals surface area contributed by atoms with Crippen LogP contribution >= 0.6 is 0 Å². The molecule has 35 heavy (non-hydrogen) atoms. The number of nitrogens with zero attached hydrogens (tertiary/aromatic N) is 2. The van der Waals surface area contributed by atoms with Gasteiger partial charge in [-0.2, -0.15) is 0 Å². The molecule has 2 aliphatic carbocycles. The average molecular weight is 473 g/mol. The summed E-state index contributed by atoms with van der Waals surface area (Å²) in [7, 11) is 1.70. The highest BCUT2D eigenvalue weighted by molar-refractivity contribution is 6.06. The number of carbonyl (C=O) groups excluding carboxylic acids is 2. The Hall–Kier alpha value is -2.62. The smallest absolute Gasteiger partial charge is 0.313 e. The van der Waals surface area contributed by atoms with E-state index in [1.165, 1.54) is 50.5 Å². The van der Waals surface area contributed by atoms with Crippen molar-refractivity contribution in [2.24, 2.45) is 0 Å². The van der Waals surface area contributed by atoms with Gasteiger partial charge in [0.15, 0.2) is 0 Å². The second kappa shape index (κ2) is 7.44. The summed E-state index contributed by atoms with van der Waals surface area (Å²) in [6.45, 7) is 15.8. The Morgan fingerprint density at radius 1 is 0.771 bits per heavy atom. The Morgan fingerprint density at radius 2 is 1.31 bits per heavy atom. The number of amides is 3. The Bertz CT molecular complexity index is 1220. The first-order valence-corrected chi connectivity index (χ1v) is 13.1. The van der Waals surface area contributed by atoms with Crippen LogP contribution in [0, 0.1) is 6.92 Å². The normalized spacial score (nSPS) is 23.4. The summed E-state index contributed by atoms with van der Waals surface area (Å²) in [5.41, 5.74) is 7.96. The first-order chi connectivity index (χ1) is 16.2. The van der Waals surface area contributed by atoms with Gasteiger partial charge in [0.1, 0.15) is 5.54 Å². The largest absolute Gasteiger partial charge is 0.327 e. The number of fused-ring (bicyclic) bond motifs is 1. The fourth-order valence-corrected chi connectivity index (χ4v) is 6.31. The van der Waals surface area contributed by atoms with Crippen molar-refractivity contribution < 1.29 is 9.59 Å². The van der Waals surface area contributed by atoms with Crippen LogP contribution in [0.1, 0.15) is 101 Å². The summed E-state index contributed by atoms with van der Waals surface area (Å²) in [6, 6.07) is 13.4. The van der Waals surface area contributed by atoms with Crippen LogP contribution in [0.25, 0.3) is 0 Å². The van der Waals surface area contributed by atoms with E-state index in [1.54, 1.807) is 20.9 Å². The monoisotopic (exact) mass is 472 g/mol. The fourth-order valence-electron chi connectivity index (χ4n) is 6.31. The van der Waals surface area contributed by atoms with E-state index in [0.29, 0.717) is 6.54 Å². The van der Waals surface area contributed by atoms with Crippen LogP contribution in [0.5, 0.6) is 0 Å². The topological polar surface area (TPSA) is 40.6 Å². The molecule has 0 N–H and O–H groups in total. The lowest BCUT2D eigenvalue weighted by Gasteiger charge is -2.43. The van der Waals surface area contributed by atoms with Gasteiger partial charge in [-0.25, -0.2) is 4.79 Å². The van der Waals surface area contributed by atoms with Crippen LogP contribution in [-0.2, 0) is 27.6 Å². The van der Waals surface area contributed by atoms with Gasteiger partial charge < -0.3 is 4.90 Å². The molecule has 3 amide bonds. The Balaban J connectivity index is 1.45. The van der Waals surface area contributed by atoms with E-state index >= 15 is 0 Å². The zero-order valence-corrected chi connectivity index (χ0v) is 22.7. The Kier molecular flexibility index (Phi) is 5.12. The third kappa shape index (κ3) is 3.55. The molecule has 1 heterocycles. The van der Waals surface area contributed by atoms with Gasteiger partial charge in [0, 0.05) is 12.5 Å². The van der Waals surface area contributed by atoms with E-state index in [2.05, 4.69) is 71.0 Å². The maximum atomic E-state index is 12.8. The maximum absolute atomic E-state index is 12.8. The molecule has 1 aliphatic heterocycles. The van der Waals surface area contributed by atoms with Crippen LogP contribution in [0.3, 0.4) is 0 Å². The predicted molar refractivity (Wildman–Crippen MR) is 141 cm³/mol. The van der Waals surface area contributed by atoms with Crippen molar-refractivity contribution in [2.75, 3.05) is 7.05 Å². The first-order valence-electron chi connectivity index (χ1n) is 13.1. The molecule has 2 aromatic carbocycles. The van der Waals surface area contributed by atoms with Gasteiger partial charge in [-0.1, -0.05) is 64.1 Å². The molecule has 1 saturated carbocycles. The molecule has 0 aromatic heterocycles. The van der Waals surface area contributed by atoms with Crippen LogP contribution < -0.4 is 0 Å². The quantitative estimate of drug-likeness (QED) is 0.471. The Morgan fingerprint density at radius 3 is 1.80 bits per heavy atom. The summed E-state index contributed by atoms with van der Waals surface area (Å²) in [5, 5.41) is 0. The predicted octanol–water partition coefficient (Wildman–Crippen LogP) is 6.60. The van der Waals surface area contributed by atoms with E-state index in [0.717, 1.165) is 18.4 Å². The molecule has 0 bridgehead atoms. The molecular formula is C31H40N2O2. The molecule has 1 saturated heterocycles. The number of urea groups is 1. The van der Waals surface area contributed by atoms with Gasteiger partial charge >= 0.3 is 6.03 Å². The summed E-state index contributed by atoms with van der Waals surface area (Å²) < 4.78 is 0.